The van der Waals surface area contributed by atoms with E-state index in [-0.39, 0.29) is 0 Å². The molecule has 0 aliphatic carbocycles. The molecule has 1 aliphatic rings. The maximum Gasteiger partial charge on any atom is 0.116 e. The average molecular weight is 251 g/mol. The molecule has 2 nitrogen and oxygen atoms in total. The van der Waals surface area contributed by atoms with Gasteiger partial charge in [-0.2, -0.15) is 0 Å². The van der Waals surface area contributed by atoms with Crippen LogP contribution in [0, 0.1) is 0 Å². The highest BCUT2D eigenvalue weighted by atomic mass is 16.3. The van der Waals surface area contributed by atoms with E-state index in [1.54, 1.807) is 12.1 Å². The molecular formula is C17H17NO. The fraction of sp³-hybridized carbons (Fsp3) is 0.176. The van der Waals surface area contributed by atoms with E-state index in [1.807, 2.05) is 12.1 Å². The molecule has 0 bridgehead atoms. The van der Waals surface area contributed by atoms with Crippen LogP contribution >= 0.6 is 0 Å². The molecule has 0 spiro atoms. The lowest BCUT2D eigenvalue weighted by atomic mass is 10.1. The molecule has 0 saturated carbocycles. The number of hydrogen-bond donors (Lipinski definition) is 1. The molecule has 0 fully saturated rings. The lowest BCUT2D eigenvalue weighted by Gasteiger charge is -2.11. The van der Waals surface area contributed by atoms with Gasteiger partial charge in [-0.05, 0) is 28.8 Å². The van der Waals surface area contributed by atoms with Crippen LogP contribution in [0.4, 0.5) is 0 Å². The topological polar surface area (TPSA) is 23.5 Å². The van der Waals surface area contributed by atoms with E-state index in [0.29, 0.717) is 5.75 Å². The first-order valence-corrected chi connectivity index (χ1v) is 6.56. The van der Waals surface area contributed by atoms with Crippen molar-refractivity contribution in [1.29, 1.82) is 0 Å². The fourth-order valence-electron chi connectivity index (χ4n) is 2.50. The number of rotatable bonds is 3. The summed E-state index contributed by atoms with van der Waals surface area (Å²) in [6, 6.07) is 15.9. The molecule has 96 valence electrons. The van der Waals surface area contributed by atoms with Gasteiger partial charge in [0.2, 0.25) is 0 Å². The summed E-state index contributed by atoms with van der Waals surface area (Å²) in [6.07, 6.45) is 4.21. The van der Waals surface area contributed by atoms with Gasteiger partial charge >= 0.3 is 0 Å². The molecule has 2 heteroatoms. The summed E-state index contributed by atoms with van der Waals surface area (Å²) in [5.74, 6) is 0.315. The van der Waals surface area contributed by atoms with Gasteiger partial charge in [-0.3, -0.25) is 4.90 Å². The molecule has 0 amide bonds. The Morgan fingerprint density at radius 2 is 1.74 bits per heavy atom. The summed E-state index contributed by atoms with van der Waals surface area (Å²) in [7, 11) is 0. The molecular weight excluding hydrogens is 234 g/mol. The quantitative estimate of drug-likeness (QED) is 0.903. The van der Waals surface area contributed by atoms with Crippen molar-refractivity contribution in [2.24, 2.45) is 0 Å². The van der Waals surface area contributed by atoms with Gasteiger partial charge in [-0.25, -0.2) is 0 Å². The zero-order valence-electron chi connectivity index (χ0n) is 10.8. The van der Waals surface area contributed by atoms with Crippen molar-refractivity contribution < 1.29 is 5.11 Å². The number of fused-ring (bicyclic) bond motifs is 1. The number of benzene rings is 2. The van der Waals surface area contributed by atoms with Crippen LogP contribution in [0.15, 0.2) is 54.6 Å². The summed E-state index contributed by atoms with van der Waals surface area (Å²) >= 11 is 0. The maximum absolute atomic E-state index is 9.40. The smallest absolute Gasteiger partial charge is 0.116 e. The highest BCUT2D eigenvalue weighted by molar-refractivity contribution is 5.51. The average Bonchev–Trinajstić information content (AvgIpc) is 2.81. The maximum atomic E-state index is 9.40. The third kappa shape index (κ3) is 2.85. The van der Waals surface area contributed by atoms with Gasteiger partial charge in [0.15, 0.2) is 0 Å². The Balaban J connectivity index is 1.60. The van der Waals surface area contributed by atoms with Gasteiger partial charge in [-0.15, -0.1) is 0 Å². The minimum absolute atomic E-state index is 0.315. The third-order valence-corrected chi connectivity index (χ3v) is 3.45. The summed E-state index contributed by atoms with van der Waals surface area (Å²) in [4.78, 5) is 2.41. The predicted octanol–water partition coefficient (Wildman–Crippen LogP) is 3.42. The monoisotopic (exact) mass is 251 g/mol. The normalized spacial score (nSPS) is 14.9. The molecule has 0 saturated heterocycles. The van der Waals surface area contributed by atoms with Crippen molar-refractivity contribution in [1.82, 2.24) is 4.90 Å². The minimum atomic E-state index is 0.315. The molecule has 0 aromatic heterocycles. The first-order chi connectivity index (χ1) is 9.31. The van der Waals surface area contributed by atoms with Gasteiger partial charge in [-0.1, -0.05) is 48.6 Å². The van der Waals surface area contributed by atoms with Crippen molar-refractivity contribution in [3.63, 3.8) is 0 Å². The molecule has 19 heavy (non-hydrogen) atoms. The largest absolute Gasteiger partial charge is 0.508 e. The molecule has 2 aromatic carbocycles. The van der Waals surface area contributed by atoms with Gasteiger partial charge < -0.3 is 5.11 Å². The van der Waals surface area contributed by atoms with E-state index in [0.717, 1.165) is 25.2 Å². The van der Waals surface area contributed by atoms with Crippen LogP contribution < -0.4 is 0 Å². The Kier molecular flexibility index (Phi) is 3.34. The highest BCUT2D eigenvalue weighted by Crippen LogP contribution is 2.21. The van der Waals surface area contributed by atoms with Crippen LogP contribution in [0.1, 0.15) is 16.7 Å². The van der Waals surface area contributed by atoms with Gasteiger partial charge in [0.05, 0.1) is 0 Å². The Bertz CT molecular complexity index is 579. The number of aromatic hydroxyl groups is 1. The summed E-state index contributed by atoms with van der Waals surface area (Å²) in [5.41, 5.74) is 3.92. The van der Waals surface area contributed by atoms with Crippen molar-refractivity contribution in [2.75, 3.05) is 6.54 Å². The van der Waals surface area contributed by atoms with Crippen molar-refractivity contribution in [2.45, 2.75) is 13.1 Å². The van der Waals surface area contributed by atoms with Crippen molar-refractivity contribution in [3.05, 3.63) is 71.3 Å². The fourth-order valence-corrected chi connectivity index (χ4v) is 2.50. The molecule has 1 N–H and O–H groups in total. The zero-order chi connectivity index (χ0) is 13.1. The van der Waals surface area contributed by atoms with Crippen LogP contribution in [0.25, 0.3) is 6.08 Å². The highest BCUT2D eigenvalue weighted by Gasteiger charge is 2.16. The van der Waals surface area contributed by atoms with Crippen molar-refractivity contribution >= 4 is 6.08 Å². The summed E-state index contributed by atoms with van der Waals surface area (Å²) < 4.78 is 0. The molecule has 2 aromatic rings. The molecule has 1 aliphatic heterocycles. The van der Waals surface area contributed by atoms with Gasteiger partial charge in [0, 0.05) is 19.6 Å². The Hall–Kier alpha value is -2.06. The van der Waals surface area contributed by atoms with Crippen LogP contribution in [0.2, 0.25) is 0 Å². The first kappa shape index (κ1) is 12.0. The van der Waals surface area contributed by atoms with Gasteiger partial charge in [0.25, 0.3) is 0 Å². The SMILES string of the molecule is Oc1cccc(/C=C/CN2Cc3ccccc3C2)c1. The molecule has 0 radical (unpaired) electrons. The zero-order valence-corrected chi connectivity index (χ0v) is 10.8. The lowest BCUT2D eigenvalue weighted by Crippen LogP contribution is -2.15. The standard InChI is InChI=1S/C17H17NO/c19-17-9-3-5-14(11-17)6-4-10-18-12-15-7-1-2-8-16(15)13-18/h1-9,11,19H,10,12-13H2/b6-4+. The van der Waals surface area contributed by atoms with E-state index in [4.69, 9.17) is 0 Å². The minimum Gasteiger partial charge on any atom is -0.508 e. The second-order valence-electron chi connectivity index (χ2n) is 4.94. The first-order valence-electron chi connectivity index (χ1n) is 6.56. The van der Waals surface area contributed by atoms with E-state index >= 15 is 0 Å². The van der Waals surface area contributed by atoms with Crippen molar-refractivity contribution in [3.8, 4) is 5.75 Å². The summed E-state index contributed by atoms with van der Waals surface area (Å²) in [6.45, 7) is 2.99. The Morgan fingerprint density at radius 3 is 2.42 bits per heavy atom. The number of phenols is 1. The van der Waals surface area contributed by atoms with Crippen LogP contribution in [0.5, 0.6) is 5.75 Å². The van der Waals surface area contributed by atoms with Gasteiger partial charge in [0.1, 0.15) is 5.75 Å². The van der Waals surface area contributed by atoms with E-state index in [9.17, 15) is 5.11 Å². The number of phenolic OH excluding ortho intramolecular Hbond substituents is 1. The number of nitrogens with zero attached hydrogens (tertiary/aromatic N) is 1. The van der Waals surface area contributed by atoms with E-state index in [2.05, 4.69) is 41.3 Å². The Labute approximate surface area is 113 Å². The molecule has 3 rings (SSSR count). The number of hydrogen-bond acceptors (Lipinski definition) is 2. The van der Waals surface area contributed by atoms with E-state index in [1.165, 1.54) is 11.1 Å². The van der Waals surface area contributed by atoms with Crippen LogP contribution in [-0.4, -0.2) is 16.6 Å². The second kappa shape index (κ2) is 5.29. The lowest BCUT2D eigenvalue weighted by molar-refractivity contribution is 0.317. The van der Waals surface area contributed by atoms with Crippen LogP contribution in [-0.2, 0) is 13.1 Å². The molecule has 0 unspecified atom stereocenters. The second-order valence-corrected chi connectivity index (χ2v) is 4.94. The van der Waals surface area contributed by atoms with Crippen LogP contribution in [0.3, 0.4) is 0 Å². The third-order valence-electron chi connectivity index (χ3n) is 3.45. The Morgan fingerprint density at radius 1 is 1.00 bits per heavy atom. The summed E-state index contributed by atoms with van der Waals surface area (Å²) in [5, 5.41) is 9.40. The molecule has 0 atom stereocenters. The van der Waals surface area contributed by atoms with E-state index < -0.39 is 0 Å². The molecule has 1 heterocycles. The predicted molar refractivity (Wildman–Crippen MR) is 77.7 cm³/mol.